The number of nitrogens with zero attached hydrogens (tertiary/aromatic N) is 1. The number of rotatable bonds is 10. The fourth-order valence-electron chi connectivity index (χ4n) is 3.44. The minimum Gasteiger partial charge on any atom is -0.493 e. The number of hydrogen-bond acceptors (Lipinski definition) is 5. The molecule has 0 aliphatic carbocycles. The number of hydrogen-bond donors (Lipinski definition) is 1. The van der Waals surface area contributed by atoms with Crippen molar-refractivity contribution in [2.45, 2.75) is 13.0 Å². The predicted molar refractivity (Wildman–Crippen MR) is 133 cm³/mol. The third kappa shape index (κ3) is 5.86. The first-order chi connectivity index (χ1) is 16.6. The van der Waals surface area contributed by atoms with E-state index in [-0.39, 0.29) is 18.0 Å². The van der Waals surface area contributed by atoms with E-state index >= 15 is 0 Å². The van der Waals surface area contributed by atoms with E-state index in [1.54, 1.807) is 37.6 Å². The summed E-state index contributed by atoms with van der Waals surface area (Å²) in [6.45, 7) is 0.319. The van der Waals surface area contributed by atoms with Gasteiger partial charge in [-0.2, -0.15) is 0 Å². The first-order valence-corrected chi connectivity index (χ1v) is 10.8. The van der Waals surface area contributed by atoms with Crippen molar-refractivity contribution < 1.29 is 19.1 Å². The highest BCUT2D eigenvalue weighted by Crippen LogP contribution is 2.29. The zero-order chi connectivity index (χ0) is 23.8. The molecule has 0 bridgehead atoms. The number of methoxy groups -OCH3 is 1. The number of aromatic amines is 1. The van der Waals surface area contributed by atoms with Gasteiger partial charge in [-0.15, -0.1) is 0 Å². The Hall–Kier alpha value is -4.45. The van der Waals surface area contributed by atoms with Crippen LogP contribution in [0.3, 0.4) is 0 Å². The van der Waals surface area contributed by atoms with Gasteiger partial charge in [-0.1, -0.05) is 36.4 Å². The van der Waals surface area contributed by atoms with Crippen LogP contribution in [0, 0.1) is 0 Å². The van der Waals surface area contributed by atoms with E-state index < -0.39 is 0 Å². The Labute approximate surface area is 197 Å². The molecule has 0 radical (unpaired) electrons. The van der Waals surface area contributed by atoms with Crippen LogP contribution in [0.4, 0.5) is 0 Å². The van der Waals surface area contributed by atoms with Crippen LogP contribution in [0.1, 0.15) is 23.2 Å². The molecule has 0 amide bonds. The monoisotopic (exact) mass is 452 g/mol. The van der Waals surface area contributed by atoms with Gasteiger partial charge in [-0.3, -0.25) is 14.6 Å². The van der Waals surface area contributed by atoms with Gasteiger partial charge in [0.15, 0.2) is 23.1 Å². The van der Waals surface area contributed by atoms with E-state index in [0.29, 0.717) is 18.1 Å². The summed E-state index contributed by atoms with van der Waals surface area (Å²) < 4.78 is 11.2. The smallest absolute Gasteiger partial charge is 0.163 e. The lowest BCUT2D eigenvalue weighted by Gasteiger charge is -2.11. The van der Waals surface area contributed by atoms with E-state index in [1.807, 2.05) is 54.7 Å². The molecule has 4 aromatic rings. The van der Waals surface area contributed by atoms with Gasteiger partial charge >= 0.3 is 0 Å². The lowest BCUT2D eigenvalue weighted by molar-refractivity contribution is -0.121. The number of H-pyrrole nitrogens is 1. The Morgan fingerprint density at radius 3 is 2.53 bits per heavy atom. The zero-order valence-corrected chi connectivity index (χ0v) is 18.7. The highest BCUT2D eigenvalue weighted by molar-refractivity contribution is 6.11. The van der Waals surface area contributed by atoms with Crippen molar-refractivity contribution in [3.8, 4) is 11.5 Å². The normalized spacial score (nSPS) is 11.3. The number of benzene rings is 2. The lowest BCUT2D eigenvalue weighted by Crippen LogP contribution is -2.02. The first-order valence-electron chi connectivity index (χ1n) is 10.8. The fourth-order valence-corrected chi connectivity index (χ4v) is 3.44. The summed E-state index contributed by atoms with van der Waals surface area (Å²) in [4.78, 5) is 31.9. The maximum Gasteiger partial charge on any atom is 0.163 e. The zero-order valence-electron chi connectivity index (χ0n) is 18.7. The molecule has 0 unspecified atom stereocenters. The summed E-state index contributed by atoms with van der Waals surface area (Å²) in [5, 5.41) is 1.03. The van der Waals surface area contributed by atoms with Gasteiger partial charge in [0.1, 0.15) is 6.61 Å². The average Bonchev–Trinajstić information content (AvgIpc) is 3.29. The summed E-state index contributed by atoms with van der Waals surface area (Å²) >= 11 is 0. The molecule has 6 heteroatoms. The summed E-state index contributed by atoms with van der Waals surface area (Å²) in [5.41, 5.74) is 3.47. The van der Waals surface area contributed by atoms with Crippen LogP contribution in [0.5, 0.6) is 11.5 Å². The largest absolute Gasteiger partial charge is 0.493 e. The topological polar surface area (TPSA) is 81.3 Å². The van der Waals surface area contributed by atoms with Gasteiger partial charge in [-0.05, 0) is 59.7 Å². The Kier molecular flexibility index (Phi) is 7.30. The molecule has 1 N–H and O–H groups in total. The SMILES string of the molecule is COc1cc(/C=C/C(=O)CC(=O)/C=C/c2c[nH]c3ccccc23)ccc1OCc1ccccn1. The number of aromatic nitrogens is 2. The molecular weight excluding hydrogens is 428 g/mol. The molecule has 0 aliphatic rings. The quantitative estimate of drug-likeness (QED) is 0.257. The summed E-state index contributed by atoms with van der Waals surface area (Å²) in [6, 6.07) is 18.8. The molecule has 0 atom stereocenters. The number of fused-ring (bicyclic) bond motifs is 1. The van der Waals surface area contributed by atoms with E-state index in [1.165, 1.54) is 12.2 Å². The second-order valence-electron chi connectivity index (χ2n) is 7.59. The summed E-state index contributed by atoms with van der Waals surface area (Å²) in [6.07, 6.45) is 9.59. The molecule has 0 saturated heterocycles. The van der Waals surface area contributed by atoms with Crippen LogP contribution in [0.25, 0.3) is 23.1 Å². The van der Waals surface area contributed by atoms with Gasteiger partial charge in [-0.25, -0.2) is 0 Å². The molecule has 0 fully saturated rings. The Morgan fingerprint density at radius 1 is 0.941 bits per heavy atom. The third-order valence-corrected chi connectivity index (χ3v) is 5.17. The van der Waals surface area contributed by atoms with Gasteiger partial charge in [0.25, 0.3) is 0 Å². The van der Waals surface area contributed by atoms with Crippen molar-refractivity contribution in [2.75, 3.05) is 7.11 Å². The molecule has 2 aromatic carbocycles. The number of ketones is 2. The van der Waals surface area contributed by atoms with Crippen LogP contribution in [-0.2, 0) is 16.2 Å². The molecule has 6 nitrogen and oxygen atoms in total. The van der Waals surface area contributed by atoms with Crippen molar-refractivity contribution in [3.63, 3.8) is 0 Å². The predicted octanol–water partition coefficient (Wildman–Crippen LogP) is 5.41. The molecule has 0 saturated carbocycles. The van der Waals surface area contributed by atoms with Gasteiger partial charge in [0.05, 0.1) is 19.2 Å². The molecule has 34 heavy (non-hydrogen) atoms. The second-order valence-corrected chi connectivity index (χ2v) is 7.59. The van der Waals surface area contributed by atoms with Crippen LogP contribution < -0.4 is 9.47 Å². The third-order valence-electron chi connectivity index (χ3n) is 5.17. The highest BCUT2D eigenvalue weighted by Gasteiger charge is 2.08. The Morgan fingerprint density at radius 2 is 1.74 bits per heavy atom. The second kappa shape index (κ2) is 10.9. The maximum atomic E-state index is 12.3. The van der Waals surface area contributed by atoms with Gasteiger partial charge < -0.3 is 14.5 Å². The number of pyridine rings is 1. The van der Waals surface area contributed by atoms with E-state index in [0.717, 1.165) is 27.7 Å². The van der Waals surface area contributed by atoms with Crippen LogP contribution in [-0.4, -0.2) is 28.6 Å². The van der Waals surface area contributed by atoms with Crippen molar-refractivity contribution in [3.05, 3.63) is 102 Å². The standard InChI is InChI=1S/C28H24N2O4/c1-33-28-16-20(10-14-27(28)34-19-22-6-4-5-15-29-22)9-12-23(31)17-24(32)13-11-21-18-30-26-8-3-2-7-25(21)26/h2-16,18,30H,17,19H2,1H3/b12-9+,13-11+. The van der Waals surface area contributed by atoms with E-state index in [4.69, 9.17) is 9.47 Å². The Bertz CT molecular complexity index is 1350. The number of carbonyl (C=O) groups excluding carboxylic acids is 2. The number of carbonyl (C=O) groups is 2. The summed E-state index contributed by atoms with van der Waals surface area (Å²) in [7, 11) is 1.56. The maximum absolute atomic E-state index is 12.3. The van der Waals surface area contributed by atoms with Crippen molar-refractivity contribution >= 4 is 34.6 Å². The van der Waals surface area contributed by atoms with E-state index in [2.05, 4.69) is 9.97 Å². The van der Waals surface area contributed by atoms with Crippen molar-refractivity contribution in [1.29, 1.82) is 0 Å². The molecule has 4 rings (SSSR count). The van der Waals surface area contributed by atoms with Crippen molar-refractivity contribution in [2.24, 2.45) is 0 Å². The molecule has 0 aliphatic heterocycles. The Balaban J connectivity index is 1.34. The van der Waals surface area contributed by atoms with E-state index in [9.17, 15) is 9.59 Å². The molecule has 170 valence electrons. The van der Waals surface area contributed by atoms with Gasteiger partial charge in [0, 0.05) is 23.3 Å². The molecular formula is C28H24N2O4. The lowest BCUT2D eigenvalue weighted by atomic mass is 10.1. The highest BCUT2D eigenvalue weighted by atomic mass is 16.5. The average molecular weight is 453 g/mol. The minimum absolute atomic E-state index is 0.197. The van der Waals surface area contributed by atoms with Gasteiger partial charge in [0.2, 0.25) is 0 Å². The van der Waals surface area contributed by atoms with Crippen LogP contribution in [0.15, 0.2) is 85.2 Å². The summed E-state index contributed by atoms with van der Waals surface area (Å²) in [5.74, 6) is 0.594. The number of allylic oxidation sites excluding steroid dienone is 2. The molecule has 2 heterocycles. The first kappa shape index (κ1) is 22.7. The van der Waals surface area contributed by atoms with Crippen LogP contribution in [0.2, 0.25) is 0 Å². The van der Waals surface area contributed by atoms with Crippen molar-refractivity contribution in [1.82, 2.24) is 9.97 Å². The molecule has 0 spiro atoms. The minimum atomic E-state index is -0.275. The molecule has 2 aromatic heterocycles. The van der Waals surface area contributed by atoms with Crippen LogP contribution >= 0.6 is 0 Å². The number of ether oxygens (including phenoxy) is 2. The number of para-hydroxylation sites is 1. The fraction of sp³-hybridized carbons (Fsp3) is 0.107. The number of nitrogens with one attached hydrogen (secondary N) is 1.